The summed E-state index contributed by atoms with van der Waals surface area (Å²) in [7, 11) is 0. The number of anilines is 1. The highest BCUT2D eigenvalue weighted by atomic mass is 16.2. The summed E-state index contributed by atoms with van der Waals surface area (Å²) in [6.07, 6.45) is 3.61. The van der Waals surface area contributed by atoms with Crippen LogP contribution in [0.25, 0.3) is 0 Å². The number of para-hydroxylation sites is 1. The fourth-order valence-electron chi connectivity index (χ4n) is 4.02. The average Bonchev–Trinajstić information content (AvgIpc) is 2.93. The summed E-state index contributed by atoms with van der Waals surface area (Å²) in [4.78, 5) is 26.9. The summed E-state index contributed by atoms with van der Waals surface area (Å²) in [5.41, 5.74) is 3.12. The highest BCUT2D eigenvalue weighted by Gasteiger charge is 2.34. The summed E-state index contributed by atoms with van der Waals surface area (Å²) in [5.74, 6) is 0.0000836. The fourth-order valence-corrected chi connectivity index (χ4v) is 4.02. The van der Waals surface area contributed by atoms with E-state index in [-0.39, 0.29) is 23.9 Å². The molecule has 2 saturated heterocycles. The van der Waals surface area contributed by atoms with Gasteiger partial charge in [-0.2, -0.15) is 0 Å². The van der Waals surface area contributed by atoms with Crippen LogP contribution in [0.1, 0.15) is 30.4 Å². The van der Waals surface area contributed by atoms with Gasteiger partial charge in [0.25, 0.3) is 0 Å². The molecule has 2 aliphatic heterocycles. The summed E-state index contributed by atoms with van der Waals surface area (Å²) in [5, 5.41) is 6.15. The molecule has 5 nitrogen and oxygen atoms in total. The number of hydrogen-bond donors (Lipinski definition) is 2. The van der Waals surface area contributed by atoms with Crippen molar-refractivity contribution in [3.63, 3.8) is 0 Å². The Morgan fingerprint density at radius 2 is 1.81 bits per heavy atom. The van der Waals surface area contributed by atoms with E-state index in [1.54, 1.807) is 4.90 Å². The normalized spacial score (nSPS) is 21.9. The molecule has 2 aliphatic rings. The molecule has 5 heteroatoms. The Balaban J connectivity index is 1.49. The van der Waals surface area contributed by atoms with Gasteiger partial charge in [-0.25, -0.2) is 4.79 Å². The molecule has 0 saturated carbocycles. The number of carbonyl (C=O) groups excluding carboxylic acids is 2. The molecule has 27 heavy (non-hydrogen) atoms. The van der Waals surface area contributed by atoms with Gasteiger partial charge < -0.3 is 15.5 Å². The van der Waals surface area contributed by atoms with Gasteiger partial charge in [-0.05, 0) is 36.5 Å². The van der Waals surface area contributed by atoms with Crippen LogP contribution in [0.2, 0.25) is 0 Å². The van der Waals surface area contributed by atoms with Crippen LogP contribution in [0.3, 0.4) is 0 Å². The van der Waals surface area contributed by atoms with Crippen LogP contribution in [-0.2, 0) is 11.2 Å². The molecule has 0 radical (unpaired) electrons. The summed E-state index contributed by atoms with van der Waals surface area (Å²) in [6.45, 7) is 1.07. The van der Waals surface area contributed by atoms with Gasteiger partial charge in [-0.3, -0.25) is 4.79 Å². The second-order valence-electron chi connectivity index (χ2n) is 7.49. The number of nitrogens with zero attached hydrogens (tertiary/aromatic N) is 1. The van der Waals surface area contributed by atoms with Crippen molar-refractivity contribution in [3.05, 3.63) is 65.7 Å². The Labute approximate surface area is 159 Å². The monoisotopic (exact) mass is 363 g/mol. The van der Waals surface area contributed by atoms with Crippen molar-refractivity contribution in [2.45, 2.75) is 31.7 Å². The van der Waals surface area contributed by atoms with Crippen molar-refractivity contribution in [2.75, 3.05) is 18.4 Å². The average molecular weight is 363 g/mol. The molecule has 2 aromatic rings. The largest absolute Gasteiger partial charge is 0.351 e. The number of nitrogens with one attached hydrogen (secondary N) is 2. The zero-order valence-electron chi connectivity index (χ0n) is 15.4. The van der Waals surface area contributed by atoms with Crippen LogP contribution in [0.4, 0.5) is 10.5 Å². The molecule has 2 fully saturated rings. The number of likely N-dealkylation sites (tertiary alicyclic amines) is 1. The van der Waals surface area contributed by atoms with Gasteiger partial charge in [-0.1, -0.05) is 55.0 Å². The molecule has 2 atom stereocenters. The predicted octanol–water partition coefficient (Wildman–Crippen LogP) is 3.41. The molecule has 2 N–H and O–H groups in total. The molecular weight excluding hydrogens is 338 g/mol. The molecule has 2 aromatic carbocycles. The molecule has 3 amide bonds. The summed E-state index contributed by atoms with van der Waals surface area (Å²) in [6, 6.07) is 18.1. The van der Waals surface area contributed by atoms with Crippen LogP contribution < -0.4 is 10.6 Å². The number of urea groups is 1. The van der Waals surface area contributed by atoms with E-state index in [2.05, 4.69) is 22.8 Å². The number of amides is 3. The van der Waals surface area contributed by atoms with Gasteiger partial charge in [0.2, 0.25) is 5.91 Å². The van der Waals surface area contributed by atoms with Crippen molar-refractivity contribution in [3.8, 4) is 0 Å². The highest BCUT2D eigenvalue weighted by molar-refractivity contribution is 5.91. The molecule has 0 spiro atoms. The number of rotatable bonds is 3. The fraction of sp³-hybridized carbons (Fsp3) is 0.364. The van der Waals surface area contributed by atoms with Crippen molar-refractivity contribution >= 4 is 17.6 Å². The van der Waals surface area contributed by atoms with Crippen LogP contribution in [-0.4, -0.2) is 36.0 Å². The molecular formula is C22H25N3O2. The quantitative estimate of drug-likeness (QED) is 0.878. The minimum Gasteiger partial charge on any atom is -0.351 e. The number of benzene rings is 2. The van der Waals surface area contributed by atoms with Crippen molar-refractivity contribution in [1.82, 2.24) is 10.2 Å². The lowest BCUT2D eigenvalue weighted by Gasteiger charge is -2.28. The van der Waals surface area contributed by atoms with E-state index < -0.39 is 0 Å². The maximum Gasteiger partial charge on any atom is 0.321 e. The maximum atomic E-state index is 12.9. The third kappa shape index (κ3) is 4.13. The van der Waals surface area contributed by atoms with E-state index in [4.69, 9.17) is 0 Å². The number of hydrogen-bond acceptors (Lipinski definition) is 2. The van der Waals surface area contributed by atoms with E-state index in [1.165, 1.54) is 5.56 Å². The third-order valence-corrected chi connectivity index (χ3v) is 5.49. The first kappa shape index (κ1) is 17.6. The Hall–Kier alpha value is -2.82. The van der Waals surface area contributed by atoms with Crippen molar-refractivity contribution in [1.29, 1.82) is 0 Å². The molecule has 0 aliphatic carbocycles. The molecule has 140 valence electrons. The second kappa shape index (κ2) is 7.82. The van der Waals surface area contributed by atoms with Gasteiger partial charge >= 0.3 is 6.03 Å². The van der Waals surface area contributed by atoms with Crippen LogP contribution >= 0.6 is 0 Å². The Morgan fingerprint density at radius 1 is 1.04 bits per heavy atom. The Bertz CT molecular complexity index is 821. The molecule has 2 unspecified atom stereocenters. The first-order valence-electron chi connectivity index (χ1n) is 9.67. The summed E-state index contributed by atoms with van der Waals surface area (Å²) < 4.78 is 0. The first-order chi connectivity index (χ1) is 13.2. The zero-order chi connectivity index (χ0) is 18.6. The van der Waals surface area contributed by atoms with Crippen LogP contribution in [0.5, 0.6) is 0 Å². The van der Waals surface area contributed by atoms with Gasteiger partial charge in [-0.15, -0.1) is 0 Å². The predicted molar refractivity (Wildman–Crippen MR) is 106 cm³/mol. The molecule has 4 rings (SSSR count). The van der Waals surface area contributed by atoms with Gasteiger partial charge in [0.1, 0.15) is 0 Å². The van der Waals surface area contributed by atoms with E-state index in [1.807, 2.05) is 42.5 Å². The van der Waals surface area contributed by atoms with Crippen LogP contribution in [0.15, 0.2) is 54.6 Å². The zero-order valence-corrected chi connectivity index (χ0v) is 15.4. The molecule has 2 heterocycles. The summed E-state index contributed by atoms with van der Waals surface area (Å²) >= 11 is 0. The van der Waals surface area contributed by atoms with E-state index in [0.29, 0.717) is 13.1 Å². The Morgan fingerprint density at radius 3 is 2.67 bits per heavy atom. The van der Waals surface area contributed by atoms with Gasteiger partial charge in [0.05, 0.1) is 5.92 Å². The topological polar surface area (TPSA) is 61.4 Å². The standard InChI is InChI=1S/C22H25N3O2/c26-21-18-10-6-11-19(23-21)15-25(14-18)22(27)24-20-12-5-4-9-17(20)13-16-7-2-1-3-8-16/h1-5,7-9,12,18-19H,6,10-11,13-15H2,(H,23,26)(H,24,27). The second-order valence-corrected chi connectivity index (χ2v) is 7.49. The van der Waals surface area contributed by atoms with E-state index in [0.717, 1.165) is 36.9 Å². The minimum absolute atomic E-state index is 0.0651. The van der Waals surface area contributed by atoms with Crippen molar-refractivity contribution in [2.24, 2.45) is 5.92 Å². The lowest BCUT2D eigenvalue weighted by molar-refractivity contribution is -0.124. The number of carbonyl (C=O) groups is 2. The van der Waals surface area contributed by atoms with Crippen LogP contribution in [0, 0.1) is 5.92 Å². The van der Waals surface area contributed by atoms with Gasteiger partial charge in [0, 0.05) is 24.8 Å². The van der Waals surface area contributed by atoms with E-state index in [9.17, 15) is 9.59 Å². The Kier molecular flexibility index (Phi) is 5.10. The SMILES string of the molecule is O=C1NC2CCCC1CN(C(=O)Nc1ccccc1Cc1ccccc1)C2. The van der Waals surface area contributed by atoms with Crippen molar-refractivity contribution < 1.29 is 9.59 Å². The molecule has 0 aromatic heterocycles. The van der Waals surface area contributed by atoms with Gasteiger partial charge in [0.15, 0.2) is 0 Å². The maximum absolute atomic E-state index is 12.9. The third-order valence-electron chi connectivity index (χ3n) is 5.49. The smallest absolute Gasteiger partial charge is 0.321 e. The first-order valence-corrected chi connectivity index (χ1v) is 9.67. The lowest BCUT2D eigenvalue weighted by atomic mass is 9.99. The molecule has 2 bridgehead atoms. The highest BCUT2D eigenvalue weighted by Crippen LogP contribution is 2.24. The minimum atomic E-state index is -0.121. The lowest BCUT2D eigenvalue weighted by Crippen LogP contribution is -2.43. The number of fused-ring (bicyclic) bond motifs is 3. The van der Waals surface area contributed by atoms with E-state index >= 15 is 0 Å².